The Morgan fingerprint density at radius 1 is 0.667 bits per heavy atom. The average Bonchev–Trinajstić information content (AvgIpc) is 2.39. The van der Waals surface area contributed by atoms with E-state index >= 15 is 0 Å². The first-order chi connectivity index (χ1) is 9.74. The molecule has 0 fully saturated rings. The summed E-state index contributed by atoms with van der Waals surface area (Å²) in [4.78, 5) is 0. The SMILES string of the molecule is CCCCCCC(CCCCC)CCC(F)(F)C(F)(F)F. The molecule has 0 amide bonds. The lowest BCUT2D eigenvalue weighted by molar-refractivity contribution is -0.285. The first kappa shape index (κ1) is 20.6. The van der Waals surface area contributed by atoms with E-state index in [0.29, 0.717) is 0 Å². The van der Waals surface area contributed by atoms with Crippen LogP contribution in [0.25, 0.3) is 0 Å². The minimum absolute atomic E-state index is 0.00151. The minimum Gasteiger partial charge on any atom is -0.196 e. The summed E-state index contributed by atoms with van der Waals surface area (Å²) in [5.41, 5.74) is 0. The summed E-state index contributed by atoms with van der Waals surface area (Å²) in [6.07, 6.45) is 2.17. The first-order valence-corrected chi connectivity index (χ1v) is 8.19. The van der Waals surface area contributed by atoms with Crippen molar-refractivity contribution in [2.24, 2.45) is 5.92 Å². The Balaban J connectivity index is 4.25. The molecule has 0 spiro atoms. The van der Waals surface area contributed by atoms with Crippen molar-refractivity contribution in [3.63, 3.8) is 0 Å². The Morgan fingerprint density at radius 3 is 1.62 bits per heavy atom. The Kier molecular flexibility index (Phi) is 10.2. The zero-order chi connectivity index (χ0) is 16.4. The van der Waals surface area contributed by atoms with E-state index < -0.39 is 18.5 Å². The molecule has 0 saturated carbocycles. The van der Waals surface area contributed by atoms with Crippen LogP contribution in [0.4, 0.5) is 22.0 Å². The second-order valence-corrected chi connectivity index (χ2v) is 5.95. The summed E-state index contributed by atoms with van der Waals surface area (Å²) in [6, 6.07) is 0. The lowest BCUT2D eigenvalue weighted by atomic mass is 9.89. The molecule has 0 heterocycles. The van der Waals surface area contributed by atoms with Crippen molar-refractivity contribution in [3.8, 4) is 0 Å². The molecule has 0 aliphatic rings. The molecule has 1 unspecified atom stereocenters. The number of halogens is 5. The molecule has 0 saturated heterocycles. The van der Waals surface area contributed by atoms with Crippen LogP contribution in [-0.4, -0.2) is 12.1 Å². The van der Waals surface area contributed by atoms with Gasteiger partial charge >= 0.3 is 12.1 Å². The van der Waals surface area contributed by atoms with Crippen molar-refractivity contribution in [2.45, 2.75) is 96.6 Å². The Morgan fingerprint density at radius 2 is 1.14 bits per heavy atom. The van der Waals surface area contributed by atoms with Crippen LogP contribution in [0.3, 0.4) is 0 Å². The van der Waals surface area contributed by atoms with Gasteiger partial charge in [-0.25, -0.2) is 0 Å². The van der Waals surface area contributed by atoms with Gasteiger partial charge in [0.05, 0.1) is 0 Å². The third-order valence-electron chi connectivity index (χ3n) is 3.96. The summed E-state index contributed by atoms with van der Waals surface area (Å²) in [6.45, 7) is 4.14. The van der Waals surface area contributed by atoms with Crippen molar-refractivity contribution >= 4 is 0 Å². The molecule has 21 heavy (non-hydrogen) atoms. The van der Waals surface area contributed by atoms with Crippen LogP contribution in [0.5, 0.6) is 0 Å². The highest BCUT2D eigenvalue weighted by molar-refractivity contribution is 4.77. The Bertz CT molecular complexity index is 248. The van der Waals surface area contributed by atoms with Gasteiger partial charge in [-0.2, -0.15) is 22.0 Å². The molecule has 0 N–H and O–H groups in total. The van der Waals surface area contributed by atoms with E-state index in [9.17, 15) is 22.0 Å². The molecule has 0 bridgehead atoms. The van der Waals surface area contributed by atoms with Crippen molar-refractivity contribution in [3.05, 3.63) is 0 Å². The minimum atomic E-state index is -5.41. The molecular weight excluding hydrogens is 287 g/mol. The molecular formula is C16H29F5. The van der Waals surface area contributed by atoms with Crippen LogP contribution in [-0.2, 0) is 0 Å². The summed E-state index contributed by atoms with van der Waals surface area (Å²) in [5, 5.41) is 0. The van der Waals surface area contributed by atoms with Gasteiger partial charge in [0.15, 0.2) is 0 Å². The molecule has 0 aliphatic carbocycles. The van der Waals surface area contributed by atoms with E-state index in [2.05, 4.69) is 6.92 Å². The van der Waals surface area contributed by atoms with Gasteiger partial charge in [-0.1, -0.05) is 71.6 Å². The highest BCUT2D eigenvalue weighted by Gasteiger charge is 2.56. The molecule has 0 aromatic carbocycles. The van der Waals surface area contributed by atoms with Gasteiger partial charge in [-0.15, -0.1) is 0 Å². The van der Waals surface area contributed by atoms with Gasteiger partial charge in [0.1, 0.15) is 0 Å². The van der Waals surface area contributed by atoms with Crippen molar-refractivity contribution in [2.75, 3.05) is 0 Å². The third kappa shape index (κ3) is 9.30. The lowest BCUT2D eigenvalue weighted by Crippen LogP contribution is -2.36. The van der Waals surface area contributed by atoms with Crippen LogP contribution in [0.1, 0.15) is 84.5 Å². The van der Waals surface area contributed by atoms with E-state index in [1.165, 1.54) is 0 Å². The average molecular weight is 316 g/mol. The molecule has 0 radical (unpaired) electrons. The van der Waals surface area contributed by atoms with E-state index in [1.807, 2.05) is 6.92 Å². The monoisotopic (exact) mass is 316 g/mol. The molecule has 0 aromatic heterocycles. The van der Waals surface area contributed by atoms with Crippen molar-refractivity contribution in [1.82, 2.24) is 0 Å². The zero-order valence-electron chi connectivity index (χ0n) is 13.2. The normalized spacial score (nSPS) is 14.4. The van der Waals surface area contributed by atoms with Crippen LogP contribution < -0.4 is 0 Å². The van der Waals surface area contributed by atoms with Gasteiger partial charge in [0.2, 0.25) is 0 Å². The fourth-order valence-electron chi connectivity index (χ4n) is 2.50. The predicted molar refractivity (Wildman–Crippen MR) is 76.6 cm³/mol. The zero-order valence-corrected chi connectivity index (χ0v) is 13.2. The van der Waals surface area contributed by atoms with E-state index in [1.54, 1.807) is 0 Å². The summed E-state index contributed by atoms with van der Waals surface area (Å²) in [5.74, 6) is -4.54. The van der Waals surface area contributed by atoms with Gasteiger partial charge < -0.3 is 0 Å². The second kappa shape index (κ2) is 10.4. The topological polar surface area (TPSA) is 0 Å². The first-order valence-electron chi connectivity index (χ1n) is 8.19. The summed E-state index contributed by atoms with van der Waals surface area (Å²) < 4.78 is 62.6. The lowest BCUT2D eigenvalue weighted by Gasteiger charge is -2.23. The number of alkyl halides is 5. The number of rotatable bonds is 12. The van der Waals surface area contributed by atoms with E-state index in [0.717, 1.165) is 57.8 Å². The third-order valence-corrected chi connectivity index (χ3v) is 3.96. The molecule has 1 atom stereocenters. The van der Waals surface area contributed by atoms with Crippen molar-refractivity contribution < 1.29 is 22.0 Å². The largest absolute Gasteiger partial charge is 0.453 e. The van der Waals surface area contributed by atoms with E-state index in [-0.39, 0.29) is 12.3 Å². The number of hydrogen-bond donors (Lipinski definition) is 0. The molecule has 0 rings (SSSR count). The standard InChI is InChI=1S/C16H29F5/c1-3-5-7-9-11-14(10-8-6-4-2)12-13-15(17,18)16(19,20)21/h14H,3-13H2,1-2H3. The van der Waals surface area contributed by atoms with Crippen molar-refractivity contribution in [1.29, 1.82) is 0 Å². The smallest absolute Gasteiger partial charge is 0.196 e. The van der Waals surface area contributed by atoms with Gasteiger partial charge in [-0.3, -0.25) is 0 Å². The van der Waals surface area contributed by atoms with Gasteiger partial charge in [0, 0.05) is 6.42 Å². The highest BCUT2D eigenvalue weighted by Crippen LogP contribution is 2.40. The second-order valence-electron chi connectivity index (χ2n) is 5.95. The Hall–Kier alpha value is -0.350. The maximum Gasteiger partial charge on any atom is 0.453 e. The molecule has 5 heteroatoms. The Labute approximate surface area is 125 Å². The molecule has 0 aliphatic heterocycles. The highest BCUT2D eigenvalue weighted by atomic mass is 19.4. The quantitative estimate of drug-likeness (QED) is 0.265. The van der Waals surface area contributed by atoms with Crippen LogP contribution in [0.2, 0.25) is 0 Å². The number of unbranched alkanes of at least 4 members (excludes halogenated alkanes) is 5. The molecule has 0 nitrogen and oxygen atoms in total. The summed E-state index contributed by atoms with van der Waals surface area (Å²) in [7, 11) is 0. The van der Waals surface area contributed by atoms with Gasteiger partial charge in [-0.05, 0) is 12.3 Å². The number of hydrogen-bond acceptors (Lipinski definition) is 0. The van der Waals surface area contributed by atoms with Crippen LogP contribution >= 0.6 is 0 Å². The predicted octanol–water partition coefficient (Wildman–Crippen LogP) is 7.13. The summed E-state index contributed by atoms with van der Waals surface area (Å²) >= 11 is 0. The fourth-order valence-corrected chi connectivity index (χ4v) is 2.50. The van der Waals surface area contributed by atoms with Crippen LogP contribution in [0, 0.1) is 5.92 Å². The maximum atomic E-state index is 13.0. The van der Waals surface area contributed by atoms with Crippen LogP contribution in [0.15, 0.2) is 0 Å². The molecule has 0 aromatic rings. The fraction of sp³-hybridized carbons (Fsp3) is 1.00. The van der Waals surface area contributed by atoms with E-state index in [4.69, 9.17) is 0 Å². The van der Waals surface area contributed by atoms with Gasteiger partial charge in [0.25, 0.3) is 0 Å². The molecule has 128 valence electrons. The maximum absolute atomic E-state index is 13.0.